The van der Waals surface area contributed by atoms with E-state index in [1.54, 1.807) is 17.0 Å². The van der Waals surface area contributed by atoms with Crippen molar-refractivity contribution in [1.29, 1.82) is 0 Å². The first-order valence-electron chi connectivity index (χ1n) is 10.6. The van der Waals surface area contributed by atoms with Gasteiger partial charge in [-0.05, 0) is 55.3 Å². The lowest BCUT2D eigenvalue weighted by Crippen LogP contribution is -2.44. The number of aryl methyl sites for hydroxylation is 2. The Balaban J connectivity index is 1.60. The molecule has 1 aliphatic rings. The largest absolute Gasteiger partial charge is 0.325 e. The second kappa shape index (κ2) is 10.0. The number of aliphatic imine (C=N–C) groups is 1. The van der Waals surface area contributed by atoms with Crippen LogP contribution in [0, 0.1) is 19.7 Å². The maximum absolute atomic E-state index is 13.4. The molecule has 1 aliphatic heterocycles. The molecule has 168 valence electrons. The Hall–Kier alpha value is -3.45. The van der Waals surface area contributed by atoms with Crippen LogP contribution in [0.2, 0.25) is 0 Å². The molecule has 0 bridgehead atoms. The third-order valence-corrected chi connectivity index (χ3v) is 6.49. The summed E-state index contributed by atoms with van der Waals surface area (Å²) < 4.78 is 13.4. The first kappa shape index (κ1) is 22.7. The molecule has 33 heavy (non-hydrogen) atoms. The van der Waals surface area contributed by atoms with Gasteiger partial charge in [0.1, 0.15) is 11.1 Å². The van der Waals surface area contributed by atoms with Gasteiger partial charge in [0.2, 0.25) is 11.8 Å². The van der Waals surface area contributed by atoms with Crippen LogP contribution in [0.5, 0.6) is 0 Å². The second-order valence-electron chi connectivity index (χ2n) is 7.95. The summed E-state index contributed by atoms with van der Waals surface area (Å²) in [7, 11) is 0. The minimum Gasteiger partial charge on any atom is -0.325 e. The van der Waals surface area contributed by atoms with Gasteiger partial charge in [0.05, 0.1) is 12.2 Å². The fourth-order valence-electron chi connectivity index (χ4n) is 3.56. The predicted octanol–water partition coefficient (Wildman–Crippen LogP) is 5.60. The number of carbonyl (C=O) groups is 2. The number of anilines is 1. The van der Waals surface area contributed by atoms with Crippen LogP contribution in [0.1, 0.15) is 23.1 Å². The zero-order valence-electron chi connectivity index (χ0n) is 18.4. The van der Waals surface area contributed by atoms with Gasteiger partial charge in [-0.1, -0.05) is 59.8 Å². The Morgan fingerprint density at radius 2 is 1.82 bits per heavy atom. The monoisotopic (exact) mass is 461 g/mol. The minimum absolute atomic E-state index is 0.0662. The number of nitrogens with one attached hydrogen (secondary N) is 1. The standard InChI is InChI=1S/C26H24FN3O2S/c1-17-8-13-22(18(2)14-17)29-25(32)23-15-24(31)30(16-19-6-4-3-5-7-19)26(33-23)28-21-11-9-20(27)10-12-21/h3-14,23H,15-16H2,1-2H3,(H,29,32)/t23-/m1/s1. The fraction of sp³-hybridized carbons (Fsp3) is 0.192. The average Bonchev–Trinajstić information content (AvgIpc) is 2.80. The highest BCUT2D eigenvalue weighted by molar-refractivity contribution is 8.15. The van der Waals surface area contributed by atoms with Crippen LogP contribution in [0.3, 0.4) is 0 Å². The number of halogens is 1. The summed E-state index contributed by atoms with van der Waals surface area (Å²) in [5.74, 6) is -0.788. The van der Waals surface area contributed by atoms with Crippen molar-refractivity contribution in [3.63, 3.8) is 0 Å². The molecular weight excluding hydrogens is 437 g/mol. The highest BCUT2D eigenvalue weighted by atomic mass is 32.2. The molecule has 1 atom stereocenters. The van der Waals surface area contributed by atoms with Gasteiger partial charge >= 0.3 is 0 Å². The number of benzene rings is 3. The van der Waals surface area contributed by atoms with Crippen LogP contribution >= 0.6 is 11.8 Å². The van der Waals surface area contributed by atoms with E-state index >= 15 is 0 Å². The molecular formula is C26H24FN3O2S. The van der Waals surface area contributed by atoms with Gasteiger partial charge in [-0.2, -0.15) is 0 Å². The molecule has 1 heterocycles. The van der Waals surface area contributed by atoms with Crippen LogP contribution in [0.15, 0.2) is 77.8 Å². The summed E-state index contributed by atoms with van der Waals surface area (Å²) in [6.07, 6.45) is 0.0662. The second-order valence-corrected chi connectivity index (χ2v) is 9.12. The summed E-state index contributed by atoms with van der Waals surface area (Å²) in [6, 6.07) is 21.1. The molecule has 4 rings (SSSR count). The van der Waals surface area contributed by atoms with E-state index in [4.69, 9.17) is 0 Å². The Bertz CT molecular complexity index is 1200. The van der Waals surface area contributed by atoms with Crippen molar-refractivity contribution in [1.82, 2.24) is 4.90 Å². The smallest absolute Gasteiger partial charge is 0.238 e. The molecule has 7 heteroatoms. The van der Waals surface area contributed by atoms with Crippen LogP contribution < -0.4 is 5.32 Å². The maximum Gasteiger partial charge on any atom is 0.238 e. The maximum atomic E-state index is 13.4. The van der Waals surface area contributed by atoms with Crippen molar-refractivity contribution < 1.29 is 14.0 Å². The van der Waals surface area contributed by atoms with Crippen molar-refractivity contribution >= 4 is 40.1 Å². The van der Waals surface area contributed by atoms with E-state index in [9.17, 15) is 14.0 Å². The highest BCUT2D eigenvalue weighted by Gasteiger charge is 2.36. The molecule has 1 fully saturated rings. The Morgan fingerprint density at radius 3 is 2.52 bits per heavy atom. The van der Waals surface area contributed by atoms with E-state index in [2.05, 4.69) is 10.3 Å². The van der Waals surface area contributed by atoms with Crippen molar-refractivity contribution in [2.45, 2.75) is 32.1 Å². The zero-order chi connectivity index (χ0) is 23.4. The number of amides is 2. The van der Waals surface area contributed by atoms with Crippen LogP contribution in [0.4, 0.5) is 15.8 Å². The number of carbonyl (C=O) groups excluding carboxylic acids is 2. The fourth-order valence-corrected chi connectivity index (χ4v) is 4.65. The molecule has 0 spiro atoms. The van der Waals surface area contributed by atoms with E-state index in [0.717, 1.165) is 22.4 Å². The molecule has 0 saturated carbocycles. The van der Waals surface area contributed by atoms with Gasteiger partial charge in [0, 0.05) is 12.1 Å². The zero-order valence-corrected chi connectivity index (χ0v) is 19.2. The van der Waals surface area contributed by atoms with E-state index in [-0.39, 0.29) is 24.1 Å². The first-order valence-corrected chi connectivity index (χ1v) is 11.5. The van der Waals surface area contributed by atoms with Crippen molar-refractivity contribution in [2.24, 2.45) is 4.99 Å². The van der Waals surface area contributed by atoms with E-state index in [1.165, 1.54) is 23.9 Å². The lowest BCUT2D eigenvalue weighted by Gasteiger charge is -2.32. The minimum atomic E-state index is -0.621. The molecule has 0 radical (unpaired) electrons. The number of hydrogen-bond donors (Lipinski definition) is 1. The van der Waals surface area contributed by atoms with Gasteiger partial charge in [-0.25, -0.2) is 9.38 Å². The normalized spacial score (nSPS) is 17.3. The van der Waals surface area contributed by atoms with Gasteiger partial charge in [-0.15, -0.1) is 0 Å². The molecule has 1 saturated heterocycles. The molecule has 0 aromatic heterocycles. The number of amidine groups is 1. The van der Waals surface area contributed by atoms with Crippen molar-refractivity contribution in [2.75, 3.05) is 5.32 Å². The Kier molecular flexibility index (Phi) is 6.89. The molecule has 2 amide bonds. The van der Waals surface area contributed by atoms with Crippen molar-refractivity contribution in [3.05, 3.63) is 95.3 Å². The molecule has 0 aliphatic carbocycles. The van der Waals surface area contributed by atoms with Gasteiger partial charge < -0.3 is 5.32 Å². The topological polar surface area (TPSA) is 61.8 Å². The number of hydrogen-bond acceptors (Lipinski definition) is 4. The Labute approximate surface area is 196 Å². The summed E-state index contributed by atoms with van der Waals surface area (Å²) >= 11 is 1.25. The van der Waals surface area contributed by atoms with Crippen LogP contribution in [-0.4, -0.2) is 27.1 Å². The predicted molar refractivity (Wildman–Crippen MR) is 131 cm³/mol. The first-order chi connectivity index (χ1) is 15.9. The molecule has 1 N–H and O–H groups in total. The quantitative estimate of drug-likeness (QED) is 0.538. The summed E-state index contributed by atoms with van der Waals surface area (Å²) in [5, 5.41) is 2.75. The summed E-state index contributed by atoms with van der Waals surface area (Å²) in [6.45, 7) is 4.27. The molecule has 5 nitrogen and oxygen atoms in total. The molecule has 3 aromatic carbocycles. The molecule has 0 unspecified atom stereocenters. The van der Waals surface area contributed by atoms with Gasteiger partial charge in [-0.3, -0.25) is 14.5 Å². The lowest BCUT2D eigenvalue weighted by atomic mass is 10.1. The van der Waals surface area contributed by atoms with Gasteiger partial charge in [0.15, 0.2) is 5.17 Å². The van der Waals surface area contributed by atoms with E-state index in [1.807, 2.05) is 62.4 Å². The highest BCUT2D eigenvalue weighted by Crippen LogP contribution is 2.31. The number of rotatable bonds is 5. The summed E-state index contributed by atoms with van der Waals surface area (Å²) in [4.78, 5) is 32.4. The van der Waals surface area contributed by atoms with Gasteiger partial charge in [0.25, 0.3) is 0 Å². The number of nitrogens with zero attached hydrogens (tertiary/aromatic N) is 2. The third-order valence-electron chi connectivity index (χ3n) is 5.31. The SMILES string of the molecule is Cc1ccc(NC(=O)[C@H]2CC(=O)N(Cc3ccccc3)C(=Nc3ccc(F)cc3)S2)c(C)c1. The number of thioether (sulfide) groups is 1. The van der Waals surface area contributed by atoms with E-state index < -0.39 is 5.25 Å². The lowest BCUT2D eigenvalue weighted by molar-refractivity contribution is -0.129. The van der Waals surface area contributed by atoms with Crippen molar-refractivity contribution in [3.8, 4) is 0 Å². The third kappa shape index (κ3) is 5.68. The van der Waals surface area contributed by atoms with Crippen LogP contribution in [-0.2, 0) is 16.1 Å². The summed E-state index contributed by atoms with van der Waals surface area (Å²) in [5.41, 5.74) is 4.26. The van der Waals surface area contributed by atoms with E-state index in [0.29, 0.717) is 17.4 Å². The molecule has 3 aromatic rings. The Morgan fingerprint density at radius 1 is 1.09 bits per heavy atom. The average molecular weight is 462 g/mol. The van der Waals surface area contributed by atoms with Crippen LogP contribution in [0.25, 0.3) is 0 Å².